The van der Waals surface area contributed by atoms with Crippen molar-refractivity contribution < 1.29 is 19.4 Å². The van der Waals surface area contributed by atoms with E-state index in [0.29, 0.717) is 31.7 Å². The van der Waals surface area contributed by atoms with E-state index >= 15 is 0 Å². The molecule has 1 saturated heterocycles. The van der Waals surface area contributed by atoms with Crippen molar-refractivity contribution in [3.05, 3.63) is 42.7 Å². The number of ether oxygens (including phenoxy) is 1. The van der Waals surface area contributed by atoms with Crippen molar-refractivity contribution in [2.75, 3.05) is 18.1 Å². The summed E-state index contributed by atoms with van der Waals surface area (Å²) >= 11 is 0. The third kappa shape index (κ3) is 3.96. The van der Waals surface area contributed by atoms with Crippen molar-refractivity contribution in [2.45, 2.75) is 24.9 Å². The molecule has 0 bridgehead atoms. The van der Waals surface area contributed by atoms with Gasteiger partial charge in [0.15, 0.2) is 0 Å². The zero-order chi connectivity index (χ0) is 18.5. The molecule has 1 aliphatic heterocycles. The number of carbonyl (C=O) groups excluding carboxylic acids is 1. The molecule has 8 heteroatoms. The minimum atomic E-state index is -0.934. The minimum absolute atomic E-state index is 0.200. The third-order valence-electron chi connectivity index (χ3n) is 4.38. The van der Waals surface area contributed by atoms with E-state index in [1.54, 1.807) is 29.0 Å². The number of hydrogen-bond donors (Lipinski definition) is 2. The lowest BCUT2D eigenvalue weighted by Gasteiger charge is -2.28. The standard InChI is InChI=1S/C18H22N4O4/c1-21-12-13(11-20-21)22-15(7-8-16(22)18(24)25)17(23)19-9-10-26-14-5-3-2-4-6-14/h2-6,11-12,15-16H,7-10H2,1H3,(H,19,23)(H,24,25). The molecule has 1 fully saturated rings. The Morgan fingerprint density at radius 2 is 2.00 bits per heavy atom. The number of carboxylic acid groups (broad SMARTS) is 1. The van der Waals surface area contributed by atoms with Crippen LogP contribution in [0.25, 0.3) is 0 Å². The van der Waals surface area contributed by atoms with Crippen molar-refractivity contribution in [2.24, 2.45) is 7.05 Å². The van der Waals surface area contributed by atoms with Gasteiger partial charge in [-0.1, -0.05) is 18.2 Å². The van der Waals surface area contributed by atoms with Crippen LogP contribution in [-0.4, -0.2) is 52.0 Å². The molecule has 2 aromatic rings. The summed E-state index contributed by atoms with van der Waals surface area (Å²) in [7, 11) is 1.76. The monoisotopic (exact) mass is 358 g/mol. The van der Waals surface area contributed by atoms with Crippen LogP contribution in [0.3, 0.4) is 0 Å². The summed E-state index contributed by atoms with van der Waals surface area (Å²) in [5.74, 6) is -0.392. The van der Waals surface area contributed by atoms with E-state index < -0.39 is 18.1 Å². The van der Waals surface area contributed by atoms with E-state index in [-0.39, 0.29) is 5.91 Å². The van der Waals surface area contributed by atoms with E-state index in [2.05, 4.69) is 10.4 Å². The highest BCUT2D eigenvalue weighted by atomic mass is 16.5. The number of anilines is 1. The summed E-state index contributed by atoms with van der Waals surface area (Å²) in [6.45, 7) is 0.695. The molecule has 0 radical (unpaired) electrons. The summed E-state index contributed by atoms with van der Waals surface area (Å²) in [6.07, 6.45) is 4.21. The first kappa shape index (κ1) is 17.8. The second kappa shape index (κ2) is 7.90. The minimum Gasteiger partial charge on any atom is -0.492 e. The average Bonchev–Trinajstić information content (AvgIpc) is 3.25. The number of carbonyl (C=O) groups is 2. The topological polar surface area (TPSA) is 96.7 Å². The van der Waals surface area contributed by atoms with Crippen LogP contribution in [0, 0.1) is 0 Å². The number of benzene rings is 1. The molecule has 8 nitrogen and oxygen atoms in total. The number of nitrogens with zero attached hydrogens (tertiary/aromatic N) is 3. The number of aliphatic carboxylic acids is 1. The van der Waals surface area contributed by atoms with Crippen LogP contribution in [0.1, 0.15) is 12.8 Å². The van der Waals surface area contributed by atoms with Crippen LogP contribution in [0.4, 0.5) is 5.69 Å². The third-order valence-corrected chi connectivity index (χ3v) is 4.38. The van der Waals surface area contributed by atoms with Crippen molar-refractivity contribution in [1.82, 2.24) is 15.1 Å². The quantitative estimate of drug-likeness (QED) is 0.718. The molecule has 2 unspecified atom stereocenters. The maximum atomic E-state index is 12.6. The average molecular weight is 358 g/mol. The fourth-order valence-corrected chi connectivity index (χ4v) is 3.19. The molecule has 1 aliphatic rings. The van der Waals surface area contributed by atoms with Gasteiger partial charge in [0.2, 0.25) is 5.91 Å². The number of carboxylic acids is 1. The lowest BCUT2D eigenvalue weighted by atomic mass is 10.2. The maximum Gasteiger partial charge on any atom is 0.326 e. The van der Waals surface area contributed by atoms with E-state index in [4.69, 9.17) is 4.74 Å². The Bertz CT molecular complexity index is 762. The van der Waals surface area contributed by atoms with Crippen LogP contribution in [-0.2, 0) is 16.6 Å². The van der Waals surface area contributed by atoms with Gasteiger partial charge >= 0.3 is 5.97 Å². The Labute approximate surface area is 151 Å². The second-order valence-electron chi connectivity index (χ2n) is 6.18. The van der Waals surface area contributed by atoms with Gasteiger partial charge in [-0.25, -0.2) is 4.79 Å². The molecule has 0 saturated carbocycles. The first-order valence-electron chi connectivity index (χ1n) is 8.51. The van der Waals surface area contributed by atoms with E-state index in [9.17, 15) is 14.7 Å². The zero-order valence-corrected chi connectivity index (χ0v) is 14.5. The number of rotatable bonds is 7. The normalized spacial score (nSPS) is 19.3. The molecule has 3 rings (SSSR count). The molecule has 1 aromatic carbocycles. The van der Waals surface area contributed by atoms with E-state index in [0.717, 1.165) is 5.75 Å². The van der Waals surface area contributed by atoms with Crippen molar-refractivity contribution >= 4 is 17.6 Å². The summed E-state index contributed by atoms with van der Waals surface area (Å²) in [6, 6.07) is 8.10. The number of amides is 1. The van der Waals surface area contributed by atoms with Gasteiger partial charge in [-0.3, -0.25) is 9.48 Å². The molecular formula is C18H22N4O4. The Morgan fingerprint density at radius 1 is 1.27 bits per heavy atom. The first-order chi connectivity index (χ1) is 12.6. The molecule has 2 atom stereocenters. The number of para-hydroxylation sites is 1. The van der Waals surface area contributed by atoms with Gasteiger partial charge in [-0.15, -0.1) is 0 Å². The molecule has 138 valence electrons. The second-order valence-corrected chi connectivity index (χ2v) is 6.18. The van der Waals surface area contributed by atoms with Crippen molar-refractivity contribution in [3.8, 4) is 5.75 Å². The highest BCUT2D eigenvalue weighted by Crippen LogP contribution is 2.30. The van der Waals surface area contributed by atoms with Gasteiger partial charge in [0, 0.05) is 13.2 Å². The van der Waals surface area contributed by atoms with Crippen LogP contribution in [0.2, 0.25) is 0 Å². The van der Waals surface area contributed by atoms with Crippen molar-refractivity contribution in [1.29, 1.82) is 0 Å². The number of aromatic nitrogens is 2. The van der Waals surface area contributed by atoms with Gasteiger partial charge in [0.05, 0.1) is 18.4 Å². The Kier molecular flexibility index (Phi) is 5.40. The largest absolute Gasteiger partial charge is 0.492 e. The summed E-state index contributed by atoms with van der Waals surface area (Å²) in [5.41, 5.74) is 0.637. The number of nitrogens with one attached hydrogen (secondary N) is 1. The van der Waals surface area contributed by atoms with Gasteiger partial charge in [0.1, 0.15) is 24.4 Å². The van der Waals surface area contributed by atoms with Gasteiger partial charge < -0.3 is 20.1 Å². The number of aryl methyl sites for hydroxylation is 1. The smallest absolute Gasteiger partial charge is 0.326 e. The molecule has 1 amide bonds. The Hall–Kier alpha value is -3.03. The summed E-state index contributed by atoms with van der Waals surface area (Å²) < 4.78 is 7.15. The number of hydrogen-bond acceptors (Lipinski definition) is 5. The Morgan fingerprint density at radius 3 is 2.65 bits per heavy atom. The van der Waals surface area contributed by atoms with Crippen LogP contribution in [0.5, 0.6) is 5.75 Å². The van der Waals surface area contributed by atoms with Crippen LogP contribution in [0.15, 0.2) is 42.7 Å². The van der Waals surface area contributed by atoms with Gasteiger partial charge in [-0.2, -0.15) is 5.10 Å². The molecule has 0 spiro atoms. The van der Waals surface area contributed by atoms with E-state index in [1.165, 1.54) is 0 Å². The van der Waals surface area contributed by atoms with Crippen LogP contribution >= 0.6 is 0 Å². The predicted octanol–water partition coefficient (Wildman–Crippen LogP) is 1.04. The molecule has 1 aromatic heterocycles. The zero-order valence-electron chi connectivity index (χ0n) is 14.5. The lowest BCUT2D eigenvalue weighted by Crippen LogP contribution is -2.49. The molecular weight excluding hydrogens is 336 g/mol. The van der Waals surface area contributed by atoms with Gasteiger partial charge in [0.25, 0.3) is 0 Å². The van der Waals surface area contributed by atoms with Crippen molar-refractivity contribution in [3.63, 3.8) is 0 Å². The highest BCUT2D eigenvalue weighted by Gasteiger charge is 2.42. The fourth-order valence-electron chi connectivity index (χ4n) is 3.19. The molecule has 26 heavy (non-hydrogen) atoms. The highest BCUT2D eigenvalue weighted by molar-refractivity contribution is 5.90. The van der Waals surface area contributed by atoms with Gasteiger partial charge in [-0.05, 0) is 25.0 Å². The Balaban J connectivity index is 1.59. The predicted molar refractivity (Wildman–Crippen MR) is 95.1 cm³/mol. The lowest BCUT2D eigenvalue weighted by molar-refractivity contribution is -0.138. The molecule has 2 heterocycles. The molecule has 2 N–H and O–H groups in total. The fraction of sp³-hybridized carbons (Fsp3) is 0.389. The van der Waals surface area contributed by atoms with E-state index in [1.807, 2.05) is 30.3 Å². The first-order valence-corrected chi connectivity index (χ1v) is 8.51. The SMILES string of the molecule is Cn1cc(N2C(C(=O)O)CCC2C(=O)NCCOc2ccccc2)cn1. The summed E-state index contributed by atoms with van der Waals surface area (Å²) in [5, 5.41) is 16.4. The maximum absolute atomic E-state index is 12.6. The van der Waals surface area contributed by atoms with Crippen LogP contribution < -0.4 is 15.0 Å². The summed E-state index contributed by atoms with van der Waals surface area (Å²) in [4.78, 5) is 25.8. The molecule has 0 aliphatic carbocycles.